The van der Waals surface area contributed by atoms with Gasteiger partial charge in [-0.3, -0.25) is 28.9 Å². The van der Waals surface area contributed by atoms with Crippen molar-refractivity contribution in [2.24, 2.45) is 0 Å². The van der Waals surface area contributed by atoms with Crippen molar-refractivity contribution in [3.05, 3.63) is 83.4 Å². The first-order valence-corrected chi connectivity index (χ1v) is 11.4. The molecule has 0 saturated carbocycles. The van der Waals surface area contributed by atoms with Crippen LogP contribution >= 0.6 is 23.2 Å². The van der Waals surface area contributed by atoms with Crippen molar-refractivity contribution in [1.29, 1.82) is 0 Å². The van der Waals surface area contributed by atoms with E-state index in [4.69, 9.17) is 32.9 Å². The fourth-order valence-electron chi connectivity index (χ4n) is 3.15. The minimum atomic E-state index is -0.437. The molecule has 0 aromatic heterocycles. The summed E-state index contributed by atoms with van der Waals surface area (Å²) in [6.45, 7) is 3.98. The van der Waals surface area contributed by atoms with Gasteiger partial charge in [-0.1, -0.05) is 30.3 Å². The van der Waals surface area contributed by atoms with Crippen LogP contribution in [0, 0.1) is 0 Å². The lowest BCUT2D eigenvalue weighted by molar-refractivity contribution is -0.0918. The summed E-state index contributed by atoms with van der Waals surface area (Å²) in [5.41, 5.74) is 1.52. The zero-order chi connectivity index (χ0) is 24.7. The lowest BCUT2D eigenvalue weighted by atomic mass is 10.1. The van der Waals surface area contributed by atoms with E-state index in [1.807, 2.05) is 0 Å². The second-order valence-electron chi connectivity index (χ2n) is 7.18. The van der Waals surface area contributed by atoms with Gasteiger partial charge in [0.1, 0.15) is 0 Å². The second-order valence-corrected chi connectivity index (χ2v) is 8.11. The Balaban J connectivity index is 0.000000192. The van der Waals surface area contributed by atoms with Crippen LogP contribution in [-0.2, 0) is 9.68 Å². The maximum absolute atomic E-state index is 11.9. The fraction of sp³-hybridized carbons (Fsp3) is 0.250. The van der Waals surface area contributed by atoms with E-state index in [9.17, 15) is 19.2 Å². The van der Waals surface area contributed by atoms with E-state index < -0.39 is 23.6 Å². The molecule has 2 aromatic rings. The van der Waals surface area contributed by atoms with Gasteiger partial charge in [-0.2, -0.15) is 0 Å². The van der Waals surface area contributed by atoms with Crippen molar-refractivity contribution in [3.8, 4) is 0 Å². The first-order chi connectivity index (χ1) is 16.4. The van der Waals surface area contributed by atoms with Crippen LogP contribution in [0.1, 0.15) is 54.3 Å². The zero-order valence-electron chi connectivity index (χ0n) is 18.1. The molecule has 0 spiro atoms. The van der Waals surface area contributed by atoms with Gasteiger partial charge in [0, 0.05) is 11.3 Å². The molecule has 4 rings (SSSR count). The molecule has 2 aliphatic heterocycles. The first-order valence-electron chi connectivity index (χ1n) is 10.4. The molecule has 8 nitrogen and oxygen atoms in total. The van der Waals surface area contributed by atoms with E-state index in [1.54, 1.807) is 54.6 Å². The molecule has 2 heterocycles. The largest absolute Gasteiger partial charge is 0.285 e. The lowest BCUT2D eigenvalue weighted by Gasteiger charge is -2.14. The molecule has 0 N–H and O–H groups in total. The van der Waals surface area contributed by atoms with Crippen molar-refractivity contribution >= 4 is 46.8 Å². The van der Waals surface area contributed by atoms with Gasteiger partial charge in [-0.05, 0) is 37.1 Å². The van der Waals surface area contributed by atoms with Gasteiger partial charge in [0.25, 0.3) is 23.6 Å². The third kappa shape index (κ3) is 5.53. The minimum Gasteiger partial charge on any atom is -0.266 e. The number of imide groups is 2. The van der Waals surface area contributed by atoms with Crippen LogP contribution in [0.15, 0.2) is 61.2 Å². The fourth-order valence-corrected chi connectivity index (χ4v) is 3.39. The Morgan fingerprint density at radius 3 is 1.50 bits per heavy atom. The topological polar surface area (TPSA) is 93.2 Å². The monoisotopic (exact) mass is 504 g/mol. The number of carbonyl (C=O) groups is 4. The summed E-state index contributed by atoms with van der Waals surface area (Å²) in [7, 11) is 0. The van der Waals surface area contributed by atoms with Gasteiger partial charge in [0.15, 0.2) is 0 Å². The molecule has 4 amide bonds. The van der Waals surface area contributed by atoms with Crippen LogP contribution < -0.4 is 0 Å². The molecule has 1 unspecified atom stereocenters. The average molecular weight is 505 g/mol. The van der Waals surface area contributed by atoms with Gasteiger partial charge < -0.3 is 0 Å². The highest BCUT2D eigenvalue weighted by Gasteiger charge is 2.37. The summed E-state index contributed by atoms with van der Waals surface area (Å²) in [6, 6.07) is 13.3. The number of alkyl halides is 2. The number of amides is 4. The molecule has 2 aromatic carbocycles. The Kier molecular flexibility index (Phi) is 8.95. The summed E-state index contributed by atoms with van der Waals surface area (Å²) in [5, 5.41) is 1.36. The lowest BCUT2D eigenvalue weighted by Crippen LogP contribution is -2.30. The van der Waals surface area contributed by atoms with Crippen LogP contribution in [0.4, 0.5) is 0 Å². The Morgan fingerprint density at radius 2 is 1.15 bits per heavy atom. The maximum atomic E-state index is 11.9. The summed E-state index contributed by atoms with van der Waals surface area (Å²) in [6.07, 6.45) is 2.73. The molecule has 34 heavy (non-hydrogen) atoms. The van der Waals surface area contributed by atoms with Crippen molar-refractivity contribution in [2.45, 2.75) is 18.2 Å². The molecule has 0 saturated heterocycles. The van der Waals surface area contributed by atoms with E-state index in [-0.39, 0.29) is 18.6 Å². The number of benzene rings is 2. The quantitative estimate of drug-likeness (QED) is 0.219. The smallest absolute Gasteiger partial charge is 0.266 e. The number of carbonyl (C=O) groups excluding carboxylic acids is 4. The van der Waals surface area contributed by atoms with E-state index in [2.05, 4.69) is 6.58 Å². The van der Waals surface area contributed by atoms with E-state index >= 15 is 0 Å². The maximum Gasteiger partial charge on any atom is 0.285 e. The van der Waals surface area contributed by atoms with E-state index in [0.717, 1.165) is 10.1 Å². The molecular weight excluding hydrogens is 483 g/mol. The third-order valence-corrected chi connectivity index (χ3v) is 5.78. The number of nitrogens with zero attached hydrogens (tertiary/aromatic N) is 2. The SMILES string of the molecule is C=CCCON1C(=O)c2ccccc2C1=O.O=C1c2ccccc2C(=O)N1OCCC(Cl)CCl. The minimum absolute atomic E-state index is 0.173. The van der Waals surface area contributed by atoms with Gasteiger partial charge in [-0.15, -0.1) is 39.9 Å². The van der Waals surface area contributed by atoms with Crippen LogP contribution in [0.5, 0.6) is 0 Å². The highest BCUT2D eigenvalue weighted by molar-refractivity contribution is 6.28. The molecule has 10 heteroatoms. The standard InChI is InChI=1S/C12H11Cl2NO3.C12H11NO3/c13-7-8(14)5-6-18-15-11(16)9-3-1-2-4-10(9)12(15)17;1-2-3-8-16-13-11(14)9-6-4-5-7-10(9)12(13)15/h1-4,8H,5-7H2;2,4-7H,1,3,8H2. The van der Waals surface area contributed by atoms with Crippen molar-refractivity contribution in [1.82, 2.24) is 10.1 Å². The number of halogens is 2. The second kappa shape index (κ2) is 11.9. The average Bonchev–Trinajstić information content (AvgIpc) is 3.25. The van der Waals surface area contributed by atoms with Gasteiger partial charge >= 0.3 is 0 Å². The molecule has 0 bridgehead atoms. The Labute approximate surface area is 206 Å². The summed E-state index contributed by atoms with van der Waals surface area (Å²) >= 11 is 11.4. The van der Waals surface area contributed by atoms with Crippen LogP contribution in [-0.4, -0.2) is 58.2 Å². The molecule has 1 atom stereocenters. The predicted molar refractivity (Wildman–Crippen MR) is 126 cm³/mol. The van der Waals surface area contributed by atoms with Gasteiger partial charge in [0.2, 0.25) is 0 Å². The highest BCUT2D eigenvalue weighted by atomic mass is 35.5. The first kappa shape index (κ1) is 25.6. The van der Waals surface area contributed by atoms with Gasteiger partial charge in [-0.25, -0.2) is 0 Å². The number of rotatable bonds is 9. The number of hydrogen-bond acceptors (Lipinski definition) is 6. The number of fused-ring (bicyclic) bond motifs is 2. The van der Waals surface area contributed by atoms with Crippen LogP contribution in [0.25, 0.3) is 0 Å². The highest BCUT2D eigenvalue weighted by Crippen LogP contribution is 2.23. The third-order valence-electron chi connectivity index (χ3n) is 4.87. The van der Waals surface area contributed by atoms with Gasteiger partial charge in [0.05, 0.1) is 35.5 Å². The van der Waals surface area contributed by atoms with Crippen molar-refractivity contribution in [3.63, 3.8) is 0 Å². The molecule has 178 valence electrons. The van der Waals surface area contributed by atoms with Crippen molar-refractivity contribution in [2.75, 3.05) is 19.1 Å². The summed E-state index contributed by atoms with van der Waals surface area (Å²) in [4.78, 5) is 57.5. The number of hydroxylamine groups is 4. The molecule has 0 radical (unpaired) electrons. The molecule has 0 aliphatic carbocycles. The Morgan fingerprint density at radius 1 is 0.765 bits per heavy atom. The van der Waals surface area contributed by atoms with E-state index in [1.165, 1.54) is 0 Å². The Bertz CT molecular complexity index is 1040. The predicted octanol–water partition coefficient (Wildman–Crippen LogP) is 4.24. The number of hydrogen-bond donors (Lipinski definition) is 0. The normalized spacial score (nSPS) is 15.1. The molecular formula is C24H22Cl2N2O6. The summed E-state index contributed by atoms with van der Waals surface area (Å²) in [5.74, 6) is -1.37. The molecule has 0 fully saturated rings. The summed E-state index contributed by atoms with van der Waals surface area (Å²) < 4.78 is 0. The molecule has 2 aliphatic rings. The Hall–Kier alpha value is -3.04. The van der Waals surface area contributed by atoms with Crippen LogP contribution in [0.2, 0.25) is 0 Å². The van der Waals surface area contributed by atoms with E-state index in [0.29, 0.717) is 41.0 Å². The van der Waals surface area contributed by atoms with Crippen LogP contribution in [0.3, 0.4) is 0 Å². The zero-order valence-corrected chi connectivity index (χ0v) is 19.6. The van der Waals surface area contributed by atoms with Crippen molar-refractivity contribution < 1.29 is 28.9 Å².